The number of sulfonamides is 1. The highest BCUT2D eigenvalue weighted by Crippen LogP contribution is 2.24. The Morgan fingerprint density at radius 3 is 2.45 bits per heavy atom. The minimum Gasteiger partial charge on any atom is -0.438 e. The summed E-state index contributed by atoms with van der Waals surface area (Å²) in [6.07, 6.45) is 1.99. The lowest BCUT2D eigenvalue weighted by atomic mass is 10.1. The van der Waals surface area contributed by atoms with Gasteiger partial charge in [-0.2, -0.15) is 4.31 Å². The molecular formula is C22H29N3O5S. The van der Waals surface area contributed by atoms with Gasteiger partial charge in [0.1, 0.15) is 0 Å². The molecule has 0 radical (unpaired) electrons. The quantitative estimate of drug-likeness (QED) is 0.732. The number of furan rings is 1. The largest absolute Gasteiger partial charge is 0.438 e. The Balaban J connectivity index is 1.46. The van der Waals surface area contributed by atoms with Crippen LogP contribution in [0.3, 0.4) is 0 Å². The van der Waals surface area contributed by atoms with E-state index in [0.29, 0.717) is 25.3 Å². The Kier molecular flexibility index (Phi) is 6.47. The van der Waals surface area contributed by atoms with Crippen LogP contribution in [0, 0.1) is 0 Å². The first-order valence-electron chi connectivity index (χ1n) is 10.7. The minimum absolute atomic E-state index is 0.0267. The highest BCUT2D eigenvalue weighted by atomic mass is 32.2. The summed E-state index contributed by atoms with van der Waals surface area (Å²) in [4.78, 5) is 15.1. The van der Waals surface area contributed by atoms with Crippen LogP contribution in [-0.4, -0.2) is 61.9 Å². The molecule has 1 aromatic carbocycles. The number of morpholine rings is 1. The van der Waals surface area contributed by atoms with Gasteiger partial charge < -0.3 is 14.5 Å². The van der Waals surface area contributed by atoms with Crippen molar-refractivity contribution in [1.29, 1.82) is 0 Å². The van der Waals surface area contributed by atoms with Crippen LogP contribution < -0.4 is 5.32 Å². The van der Waals surface area contributed by atoms with E-state index >= 15 is 0 Å². The lowest BCUT2D eigenvalue weighted by Crippen LogP contribution is -2.44. The Labute approximate surface area is 183 Å². The molecule has 0 bridgehead atoms. The minimum atomic E-state index is -3.69. The number of benzene rings is 1. The van der Waals surface area contributed by atoms with Gasteiger partial charge in [-0.05, 0) is 50.5 Å². The molecule has 2 saturated heterocycles. The van der Waals surface area contributed by atoms with Gasteiger partial charge in [0.25, 0.3) is 15.9 Å². The number of carbonyl (C=O) groups excluding carboxylic acids is 1. The van der Waals surface area contributed by atoms with E-state index in [1.54, 1.807) is 0 Å². The first-order valence-corrected chi connectivity index (χ1v) is 12.1. The van der Waals surface area contributed by atoms with Crippen molar-refractivity contribution in [2.45, 2.75) is 50.5 Å². The molecule has 168 valence electrons. The third-order valence-corrected chi connectivity index (χ3v) is 7.39. The number of para-hydroxylation sites is 1. The topological polar surface area (TPSA) is 92.1 Å². The number of nitrogens with zero attached hydrogens (tertiary/aromatic N) is 2. The number of hydrogen-bond donors (Lipinski definition) is 1. The zero-order chi connectivity index (χ0) is 22.0. The lowest BCUT2D eigenvalue weighted by molar-refractivity contribution is -0.0704. The molecule has 1 aromatic heterocycles. The standard InChI is InChI=1S/C22H29N3O5S/c1-16-13-24(14-17(2)29-16)15-18-7-3-4-8-19(18)23-22(26)20-9-10-21(30-20)31(27,28)25-11-5-6-12-25/h3-4,7-10,16-17H,5-6,11-15H2,1-2H3,(H,23,26)/t16-,17-/m0/s1. The van der Waals surface area contributed by atoms with Crippen LogP contribution in [0.2, 0.25) is 0 Å². The molecule has 2 fully saturated rings. The molecule has 2 atom stereocenters. The molecule has 4 rings (SSSR count). The van der Waals surface area contributed by atoms with Crippen LogP contribution in [0.25, 0.3) is 0 Å². The van der Waals surface area contributed by atoms with Crippen molar-refractivity contribution >= 4 is 21.6 Å². The normalized spacial score (nSPS) is 23.2. The fourth-order valence-corrected chi connectivity index (χ4v) is 5.68. The second-order valence-electron chi connectivity index (χ2n) is 8.29. The summed E-state index contributed by atoms with van der Waals surface area (Å²) in [5, 5.41) is 2.68. The van der Waals surface area contributed by atoms with Gasteiger partial charge in [-0.1, -0.05) is 18.2 Å². The average molecular weight is 448 g/mol. The summed E-state index contributed by atoms with van der Waals surface area (Å²) in [6.45, 7) is 7.40. The summed E-state index contributed by atoms with van der Waals surface area (Å²) in [6, 6.07) is 10.4. The fourth-order valence-electron chi connectivity index (χ4n) is 4.25. The Bertz CT molecular complexity index is 1020. The van der Waals surface area contributed by atoms with Gasteiger partial charge in [0.2, 0.25) is 5.09 Å². The summed E-state index contributed by atoms with van der Waals surface area (Å²) in [5.74, 6) is -0.500. The molecule has 2 aromatic rings. The predicted molar refractivity (Wildman–Crippen MR) is 116 cm³/mol. The van der Waals surface area contributed by atoms with Crippen LogP contribution in [0.4, 0.5) is 5.69 Å². The monoisotopic (exact) mass is 447 g/mol. The molecule has 1 amide bonds. The highest BCUT2D eigenvalue weighted by Gasteiger charge is 2.31. The molecule has 1 N–H and O–H groups in total. The van der Waals surface area contributed by atoms with Crippen molar-refractivity contribution in [3.8, 4) is 0 Å². The summed E-state index contributed by atoms with van der Waals surface area (Å²) in [5.41, 5.74) is 1.66. The Hall–Kier alpha value is -2.20. The molecule has 0 unspecified atom stereocenters. The Morgan fingerprint density at radius 2 is 1.74 bits per heavy atom. The van der Waals surface area contributed by atoms with E-state index in [9.17, 15) is 13.2 Å². The second-order valence-corrected chi connectivity index (χ2v) is 10.2. The second kappa shape index (κ2) is 9.12. The maximum atomic E-state index is 12.8. The van der Waals surface area contributed by atoms with Crippen LogP contribution in [0.15, 0.2) is 45.9 Å². The molecule has 8 nitrogen and oxygen atoms in total. The third-order valence-electron chi connectivity index (χ3n) is 5.62. The first kappa shape index (κ1) is 22.0. The number of ether oxygens (including phenoxy) is 1. The van der Waals surface area contributed by atoms with Gasteiger partial charge >= 0.3 is 0 Å². The van der Waals surface area contributed by atoms with Gasteiger partial charge in [-0.25, -0.2) is 8.42 Å². The maximum absolute atomic E-state index is 12.8. The lowest BCUT2D eigenvalue weighted by Gasteiger charge is -2.35. The van der Waals surface area contributed by atoms with Gasteiger partial charge in [-0.3, -0.25) is 9.69 Å². The van der Waals surface area contributed by atoms with Crippen molar-refractivity contribution in [3.05, 3.63) is 47.7 Å². The van der Waals surface area contributed by atoms with E-state index in [0.717, 1.165) is 31.5 Å². The summed E-state index contributed by atoms with van der Waals surface area (Å²) in [7, 11) is -3.69. The van der Waals surface area contributed by atoms with Gasteiger partial charge in [0.15, 0.2) is 5.76 Å². The fraction of sp³-hybridized carbons (Fsp3) is 0.500. The number of amides is 1. The molecule has 3 heterocycles. The van der Waals surface area contributed by atoms with Crippen molar-refractivity contribution < 1.29 is 22.4 Å². The molecule has 0 aliphatic carbocycles. The zero-order valence-electron chi connectivity index (χ0n) is 17.9. The molecule has 31 heavy (non-hydrogen) atoms. The number of anilines is 1. The maximum Gasteiger partial charge on any atom is 0.291 e. The van der Waals surface area contributed by atoms with E-state index in [1.165, 1.54) is 16.4 Å². The number of hydrogen-bond acceptors (Lipinski definition) is 6. The van der Waals surface area contributed by atoms with E-state index < -0.39 is 15.9 Å². The number of nitrogens with one attached hydrogen (secondary N) is 1. The summed E-state index contributed by atoms with van der Waals surface area (Å²) < 4.78 is 37.9. The van der Waals surface area contributed by atoms with E-state index in [-0.39, 0.29) is 23.1 Å². The van der Waals surface area contributed by atoms with Crippen molar-refractivity contribution in [2.24, 2.45) is 0 Å². The molecule has 0 spiro atoms. The smallest absolute Gasteiger partial charge is 0.291 e. The number of rotatable bonds is 6. The van der Waals surface area contributed by atoms with E-state index in [4.69, 9.17) is 9.15 Å². The van der Waals surface area contributed by atoms with Gasteiger partial charge in [0, 0.05) is 38.4 Å². The number of carbonyl (C=O) groups is 1. The Morgan fingerprint density at radius 1 is 1.06 bits per heavy atom. The molecule has 2 aliphatic rings. The van der Waals surface area contributed by atoms with E-state index in [2.05, 4.69) is 24.1 Å². The average Bonchev–Trinajstić information content (AvgIpc) is 3.42. The van der Waals surface area contributed by atoms with Crippen molar-refractivity contribution in [1.82, 2.24) is 9.21 Å². The highest BCUT2D eigenvalue weighted by molar-refractivity contribution is 7.89. The molecular weight excluding hydrogens is 418 g/mol. The molecule has 0 saturated carbocycles. The van der Waals surface area contributed by atoms with Crippen LogP contribution in [0.5, 0.6) is 0 Å². The third kappa shape index (κ3) is 5.01. The first-order chi connectivity index (χ1) is 14.8. The molecule has 2 aliphatic heterocycles. The SMILES string of the molecule is C[C@H]1CN(Cc2ccccc2NC(=O)c2ccc(S(=O)(=O)N3CCCC3)o2)C[C@H](C)O1. The van der Waals surface area contributed by atoms with Crippen LogP contribution in [0.1, 0.15) is 42.8 Å². The summed E-state index contributed by atoms with van der Waals surface area (Å²) >= 11 is 0. The van der Waals surface area contributed by atoms with Crippen LogP contribution >= 0.6 is 0 Å². The zero-order valence-corrected chi connectivity index (χ0v) is 18.7. The van der Waals surface area contributed by atoms with Gasteiger partial charge in [0.05, 0.1) is 12.2 Å². The van der Waals surface area contributed by atoms with Crippen molar-refractivity contribution in [2.75, 3.05) is 31.5 Å². The van der Waals surface area contributed by atoms with E-state index in [1.807, 2.05) is 24.3 Å². The van der Waals surface area contributed by atoms with Gasteiger partial charge in [-0.15, -0.1) is 0 Å². The van der Waals surface area contributed by atoms with Crippen molar-refractivity contribution in [3.63, 3.8) is 0 Å². The predicted octanol–water partition coefficient (Wildman–Crippen LogP) is 2.93. The molecule has 9 heteroatoms. The van der Waals surface area contributed by atoms with Crippen LogP contribution in [-0.2, 0) is 21.3 Å².